The van der Waals surface area contributed by atoms with E-state index >= 15 is 0 Å². The van der Waals surface area contributed by atoms with Crippen molar-refractivity contribution in [3.05, 3.63) is 108 Å². The maximum Gasteiger partial charge on any atom is 0.193 e. The summed E-state index contributed by atoms with van der Waals surface area (Å²) >= 11 is 2.62. The zero-order valence-corrected chi connectivity index (χ0v) is 28.5. The molecular formula is C41H34N4O2S2. The number of thioether (sulfide) groups is 2. The summed E-state index contributed by atoms with van der Waals surface area (Å²) in [6, 6.07) is 28.5. The highest BCUT2D eigenvalue weighted by molar-refractivity contribution is 8.14. The predicted molar refractivity (Wildman–Crippen MR) is 204 cm³/mol. The van der Waals surface area contributed by atoms with E-state index in [1.807, 2.05) is 72.8 Å². The number of H-pyrrole nitrogens is 2. The summed E-state index contributed by atoms with van der Waals surface area (Å²) in [6.45, 7) is 0. The monoisotopic (exact) mass is 678 g/mol. The number of aromatic amines is 2. The van der Waals surface area contributed by atoms with Crippen molar-refractivity contribution in [1.82, 2.24) is 19.9 Å². The van der Waals surface area contributed by atoms with Crippen LogP contribution in [0.25, 0.3) is 68.6 Å². The normalized spacial score (nSPS) is 15.3. The van der Waals surface area contributed by atoms with E-state index in [4.69, 9.17) is 9.97 Å². The Labute approximate surface area is 293 Å². The van der Waals surface area contributed by atoms with E-state index in [2.05, 4.69) is 46.4 Å². The minimum Gasteiger partial charge on any atom is -0.355 e. The summed E-state index contributed by atoms with van der Waals surface area (Å²) in [5.74, 6) is 0. The van der Waals surface area contributed by atoms with Crippen molar-refractivity contribution < 1.29 is 9.59 Å². The maximum atomic E-state index is 13.3. The van der Waals surface area contributed by atoms with Crippen LogP contribution in [-0.2, 0) is 9.59 Å². The van der Waals surface area contributed by atoms with Gasteiger partial charge in [-0.3, -0.25) is 9.59 Å². The van der Waals surface area contributed by atoms with Crippen molar-refractivity contribution in [2.45, 2.75) is 54.7 Å². The highest BCUT2D eigenvalue weighted by atomic mass is 32.2. The highest BCUT2D eigenvalue weighted by Gasteiger charge is 2.19. The molecule has 0 saturated carbocycles. The molecule has 10 bridgehead atoms. The number of fused-ring (bicyclic) bond motifs is 10. The van der Waals surface area contributed by atoms with Gasteiger partial charge in [-0.2, -0.15) is 0 Å². The Kier molecular flexibility index (Phi) is 8.89. The summed E-state index contributed by atoms with van der Waals surface area (Å²) in [5.41, 5.74) is 10.7. The van der Waals surface area contributed by atoms with Crippen LogP contribution in [0.15, 0.2) is 94.7 Å². The summed E-state index contributed by atoms with van der Waals surface area (Å²) in [5, 5.41) is 0.311. The van der Waals surface area contributed by atoms with E-state index < -0.39 is 0 Å². The minimum atomic E-state index is 0.155. The summed E-state index contributed by atoms with van der Waals surface area (Å²) in [7, 11) is 0. The standard InChI is InChI=1S/C41H34N4O2S2/c46-38-14-4-2-1-3-5-15-39(47)49-37-13-9-7-11-31(37)41-34-22-18-28(44-34)24-26-16-20-32(42-26)40(30-10-6-8-12-36(30)48-38)33-21-17-27(43-33)25-29-19-23-35(41)45-29/h6-13,16-25,42,45H,1-5,14-15H2. The Bertz CT molecular complexity index is 2170. The summed E-state index contributed by atoms with van der Waals surface area (Å²) in [4.78, 5) is 45.8. The molecule has 49 heavy (non-hydrogen) atoms. The quantitative estimate of drug-likeness (QED) is 0.166. The van der Waals surface area contributed by atoms with Crippen molar-refractivity contribution >= 4 is 80.1 Å². The molecule has 9 rings (SSSR count). The third-order valence-corrected chi connectivity index (χ3v) is 10.9. The number of carbonyl (C=O) groups excluding carboxylic acids is 2. The van der Waals surface area contributed by atoms with Gasteiger partial charge in [-0.15, -0.1) is 0 Å². The molecule has 4 aliphatic rings. The zero-order valence-electron chi connectivity index (χ0n) is 26.9. The van der Waals surface area contributed by atoms with Crippen molar-refractivity contribution in [1.29, 1.82) is 0 Å². The van der Waals surface area contributed by atoms with Crippen LogP contribution in [-0.4, -0.2) is 30.2 Å². The van der Waals surface area contributed by atoms with Crippen LogP contribution < -0.4 is 0 Å². The molecule has 8 heteroatoms. The molecule has 0 amide bonds. The van der Waals surface area contributed by atoms with E-state index in [0.29, 0.717) is 12.8 Å². The van der Waals surface area contributed by atoms with Gasteiger partial charge in [-0.05, 0) is 96.8 Å². The van der Waals surface area contributed by atoms with Gasteiger partial charge in [-0.25, -0.2) is 9.97 Å². The number of benzene rings is 2. The van der Waals surface area contributed by atoms with E-state index in [1.165, 1.54) is 23.5 Å². The van der Waals surface area contributed by atoms with E-state index in [9.17, 15) is 9.59 Å². The molecule has 0 saturated heterocycles. The molecule has 3 aromatic heterocycles. The molecule has 6 nitrogen and oxygen atoms in total. The molecule has 4 aliphatic heterocycles. The van der Waals surface area contributed by atoms with Gasteiger partial charge in [-0.1, -0.05) is 79.2 Å². The van der Waals surface area contributed by atoms with Crippen LogP contribution in [0, 0.1) is 0 Å². The highest BCUT2D eigenvalue weighted by Crippen LogP contribution is 2.39. The third-order valence-electron chi connectivity index (χ3n) is 8.92. The molecule has 0 atom stereocenters. The van der Waals surface area contributed by atoms with Gasteiger partial charge in [0.05, 0.1) is 22.8 Å². The minimum absolute atomic E-state index is 0.155. The average Bonchev–Trinajstić information content (AvgIpc) is 3.93. The van der Waals surface area contributed by atoms with Crippen LogP contribution in [0.3, 0.4) is 0 Å². The molecule has 0 spiro atoms. The lowest BCUT2D eigenvalue weighted by molar-refractivity contribution is -0.111. The van der Waals surface area contributed by atoms with Gasteiger partial charge in [0.15, 0.2) is 10.2 Å². The number of rotatable bonds is 0. The lowest BCUT2D eigenvalue weighted by Crippen LogP contribution is -1.95. The molecule has 7 heterocycles. The van der Waals surface area contributed by atoms with Gasteiger partial charge in [0, 0.05) is 55.8 Å². The Hall–Kier alpha value is -4.92. The topological polar surface area (TPSA) is 91.5 Å². The Morgan fingerprint density at radius 1 is 0.510 bits per heavy atom. The Balaban J connectivity index is 1.40. The van der Waals surface area contributed by atoms with Crippen LogP contribution in [0.1, 0.15) is 67.7 Å². The molecule has 2 N–H and O–H groups in total. The van der Waals surface area contributed by atoms with Crippen LogP contribution in [0.5, 0.6) is 0 Å². The molecular weight excluding hydrogens is 645 g/mol. The van der Waals surface area contributed by atoms with Crippen molar-refractivity contribution in [3.8, 4) is 22.3 Å². The fourth-order valence-electron chi connectivity index (χ4n) is 6.58. The summed E-state index contributed by atoms with van der Waals surface area (Å²) in [6.07, 6.45) is 13.8. The number of nitrogens with one attached hydrogen (secondary N) is 2. The first-order valence-corrected chi connectivity index (χ1v) is 18.4. The molecule has 0 radical (unpaired) electrons. The lowest BCUT2D eigenvalue weighted by atomic mass is 10.0. The van der Waals surface area contributed by atoms with Gasteiger partial charge >= 0.3 is 0 Å². The number of aromatic nitrogens is 4. The van der Waals surface area contributed by atoms with Crippen LogP contribution in [0.2, 0.25) is 0 Å². The molecule has 242 valence electrons. The number of hydrogen-bond donors (Lipinski definition) is 2. The lowest BCUT2D eigenvalue weighted by Gasteiger charge is -2.11. The smallest absolute Gasteiger partial charge is 0.193 e. The average molecular weight is 679 g/mol. The Morgan fingerprint density at radius 2 is 0.959 bits per heavy atom. The molecule has 2 aromatic carbocycles. The number of carbonyl (C=O) groups is 2. The second kappa shape index (κ2) is 13.9. The van der Waals surface area contributed by atoms with E-state index in [-0.39, 0.29) is 10.2 Å². The second-order valence-electron chi connectivity index (χ2n) is 12.4. The van der Waals surface area contributed by atoms with E-state index in [1.54, 1.807) is 0 Å². The van der Waals surface area contributed by atoms with Gasteiger partial charge in [0.25, 0.3) is 0 Å². The molecule has 0 unspecified atom stereocenters. The first kappa shape index (κ1) is 31.4. The third kappa shape index (κ3) is 6.84. The number of nitrogens with zero attached hydrogens (tertiary/aromatic N) is 2. The fourth-order valence-corrected chi connectivity index (χ4v) is 8.42. The first-order chi connectivity index (χ1) is 24.1. The van der Waals surface area contributed by atoms with Crippen molar-refractivity contribution in [2.24, 2.45) is 0 Å². The fraction of sp³-hybridized carbons (Fsp3) is 0.171. The maximum absolute atomic E-state index is 13.3. The van der Waals surface area contributed by atoms with Gasteiger partial charge in [0.2, 0.25) is 0 Å². The summed E-state index contributed by atoms with van der Waals surface area (Å²) < 4.78 is 0. The zero-order chi connectivity index (χ0) is 33.2. The van der Waals surface area contributed by atoms with Crippen LogP contribution in [0.4, 0.5) is 0 Å². The van der Waals surface area contributed by atoms with Crippen molar-refractivity contribution in [2.75, 3.05) is 0 Å². The first-order valence-electron chi connectivity index (χ1n) is 16.8. The molecule has 5 aromatic rings. The molecule has 0 aliphatic carbocycles. The number of hydrogen-bond acceptors (Lipinski definition) is 6. The predicted octanol–water partition coefficient (Wildman–Crippen LogP) is 11.0. The van der Waals surface area contributed by atoms with Crippen molar-refractivity contribution in [3.63, 3.8) is 0 Å². The Morgan fingerprint density at radius 3 is 1.45 bits per heavy atom. The van der Waals surface area contributed by atoms with Gasteiger partial charge < -0.3 is 9.97 Å². The van der Waals surface area contributed by atoms with Gasteiger partial charge in [0.1, 0.15) is 0 Å². The largest absolute Gasteiger partial charge is 0.355 e. The second-order valence-corrected chi connectivity index (χ2v) is 14.6. The van der Waals surface area contributed by atoms with E-state index in [0.717, 1.165) is 109 Å². The SMILES string of the molecule is O=C1CCCCCCCC(=O)Sc2ccccc2-c2c3nc(cc4ccc([nH]4)c(c4nc(cc5ccc2[nH]5)C=C4)-c2ccccc2S1)C=C3. The molecule has 0 fully saturated rings. The van der Waals surface area contributed by atoms with Crippen LogP contribution >= 0.6 is 23.5 Å².